The zero-order valence-electron chi connectivity index (χ0n) is 10.8. The van der Waals surface area contributed by atoms with Crippen LogP contribution >= 0.6 is 43.5 Å². The van der Waals surface area contributed by atoms with Crippen LogP contribution < -0.4 is 0 Å². The summed E-state index contributed by atoms with van der Waals surface area (Å²) in [5, 5.41) is 0. The molecular formula is C16H14Br2ClF. The van der Waals surface area contributed by atoms with Crippen LogP contribution in [0.1, 0.15) is 11.1 Å². The Labute approximate surface area is 140 Å². The molecule has 0 saturated heterocycles. The largest absolute Gasteiger partial charge is 0.207 e. The molecule has 2 rings (SSSR count). The van der Waals surface area contributed by atoms with Gasteiger partial charge in [0.15, 0.2) is 0 Å². The molecule has 1 unspecified atom stereocenters. The minimum atomic E-state index is -0.177. The van der Waals surface area contributed by atoms with Crippen LogP contribution in [0, 0.1) is 11.7 Å². The maximum Gasteiger partial charge on any atom is 0.127 e. The molecule has 0 N–H and O–H groups in total. The minimum Gasteiger partial charge on any atom is -0.207 e. The van der Waals surface area contributed by atoms with E-state index >= 15 is 0 Å². The summed E-state index contributed by atoms with van der Waals surface area (Å²) >= 11 is 12.8. The Morgan fingerprint density at radius 2 is 1.75 bits per heavy atom. The second kappa shape index (κ2) is 7.58. The van der Waals surface area contributed by atoms with Crippen LogP contribution in [-0.4, -0.2) is 5.88 Å². The van der Waals surface area contributed by atoms with Gasteiger partial charge >= 0.3 is 0 Å². The van der Waals surface area contributed by atoms with E-state index in [-0.39, 0.29) is 11.7 Å². The Hall–Kier alpha value is -0.380. The average molecular weight is 421 g/mol. The fourth-order valence-corrected chi connectivity index (χ4v) is 3.17. The lowest BCUT2D eigenvalue weighted by Gasteiger charge is -2.15. The summed E-state index contributed by atoms with van der Waals surface area (Å²) in [4.78, 5) is 0. The topological polar surface area (TPSA) is 0 Å². The lowest BCUT2D eigenvalue weighted by atomic mass is 9.94. The molecule has 106 valence electrons. The van der Waals surface area contributed by atoms with Gasteiger partial charge in [-0.1, -0.05) is 50.1 Å². The summed E-state index contributed by atoms with van der Waals surface area (Å²) in [7, 11) is 0. The second-order valence-corrected chi connectivity index (χ2v) is 6.93. The van der Waals surface area contributed by atoms with Gasteiger partial charge in [-0.15, -0.1) is 11.6 Å². The molecule has 20 heavy (non-hydrogen) atoms. The van der Waals surface area contributed by atoms with Crippen molar-refractivity contribution >= 4 is 43.5 Å². The van der Waals surface area contributed by atoms with Gasteiger partial charge in [-0.25, -0.2) is 4.39 Å². The fraction of sp³-hybridized carbons (Fsp3) is 0.250. The predicted octanol–water partition coefficient (Wildman–Crippen LogP) is 5.99. The van der Waals surface area contributed by atoms with Crippen molar-refractivity contribution in [1.29, 1.82) is 0 Å². The van der Waals surface area contributed by atoms with E-state index in [0.717, 1.165) is 15.4 Å². The van der Waals surface area contributed by atoms with Crippen LogP contribution in [0.5, 0.6) is 0 Å². The van der Waals surface area contributed by atoms with E-state index in [2.05, 4.69) is 44.0 Å². The van der Waals surface area contributed by atoms with Crippen LogP contribution in [0.15, 0.2) is 51.4 Å². The van der Waals surface area contributed by atoms with E-state index in [1.54, 1.807) is 0 Å². The first kappa shape index (κ1) is 16.0. The Bertz CT molecular complexity index is 586. The highest BCUT2D eigenvalue weighted by Crippen LogP contribution is 2.22. The summed E-state index contributed by atoms with van der Waals surface area (Å²) in [6.45, 7) is 0. The van der Waals surface area contributed by atoms with Gasteiger partial charge in [0.2, 0.25) is 0 Å². The minimum absolute atomic E-state index is 0.177. The zero-order chi connectivity index (χ0) is 14.5. The monoisotopic (exact) mass is 418 g/mol. The Balaban J connectivity index is 2.09. The second-order valence-electron chi connectivity index (χ2n) is 4.79. The zero-order valence-corrected chi connectivity index (χ0v) is 14.7. The van der Waals surface area contributed by atoms with Crippen molar-refractivity contribution in [2.75, 3.05) is 5.88 Å². The molecule has 0 aliphatic carbocycles. The number of hydrogen-bond donors (Lipinski definition) is 0. The molecule has 0 heterocycles. The number of benzene rings is 2. The van der Waals surface area contributed by atoms with Gasteiger partial charge in [-0.3, -0.25) is 0 Å². The van der Waals surface area contributed by atoms with Gasteiger partial charge in [0.25, 0.3) is 0 Å². The maximum absolute atomic E-state index is 13.9. The van der Waals surface area contributed by atoms with Crippen LogP contribution in [-0.2, 0) is 12.8 Å². The number of alkyl halides is 1. The van der Waals surface area contributed by atoms with Crippen molar-refractivity contribution in [1.82, 2.24) is 0 Å². The van der Waals surface area contributed by atoms with E-state index in [9.17, 15) is 4.39 Å². The molecule has 0 bridgehead atoms. The first-order chi connectivity index (χ1) is 9.58. The molecule has 0 nitrogen and oxygen atoms in total. The smallest absolute Gasteiger partial charge is 0.127 e. The highest BCUT2D eigenvalue weighted by molar-refractivity contribution is 9.10. The van der Waals surface area contributed by atoms with Crippen molar-refractivity contribution in [3.05, 3.63) is 68.4 Å². The Morgan fingerprint density at radius 3 is 2.40 bits per heavy atom. The predicted molar refractivity (Wildman–Crippen MR) is 89.9 cm³/mol. The highest BCUT2D eigenvalue weighted by atomic mass is 79.9. The summed E-state index contributed by atoms with van der Waals surface area (Å²) in [5.74, 6) is 0.563. The SMILES string of the molecule is Fc1cc(Br)ccc1CC(CCl)Cc1cccc(Br)c1. The molecule has 0 fully saturated rings. The highest BCUT2D eigenvalue weighted by Gasteiger charge is 2.13. The van der Waals surface area contributed by atoms with Gasteiger partial charge in [0, 0.05) is 14.8 Å². The average Bonchev–Trinajstić information content (AvgIpc) is 2.41. The molecule has 0 saturated carbocycles. The van der Waals surface area contributed by atoms with Gasteiger partial charge in [0.05, 0.1) is 0 Å². The van der Waals surface area contributed by atoms with Crippen LogP contribution in [0.25, 0.3) is 0 Å². The Morgan fingerprint density at radius 1 is 1.00 bits per heavy atom. The van der Waals surface area contributed by atoms with E-state index in [1.165, 1.54) is 11.6 Å². The molecule has 0 radical (unpaired) electrons. The first-order valence-electron chi connectivity index (χ1n) is 6.33. The Kier molecular flexibility index (Phi) is 6.06. The third-order valence-corrected chi connectivity index (χ3v) is 4.58. The van der Waals surface area contributed by atoms with E-state index in [0.29, 0.717) is 17.9 Å². The third-order valence-electron chi connectivity index (χ3n) is 3.16. The van der Waals surface area contributed by atoms with Gasteiger partial charge in [0.1, 0.15) is 5.82 Å². The third kappa shape index (κ3) is 4.57. The fourth-order valence-electron chi connectivity index (χ4n) is 2.18. The summed E-state index contributed by atoms with van der Waals surface area (Å²) < 4.78 is 15.7. The van der Waals surface area contributed by atoms with Crippen molar-refractivity contribution in [3.8, 4) is 0 Å². The molecule has 0 amide bonds. The molecule has 0 aliphatic heterocycles. The first-order valence-corrected chi connectivity index (χ1v) is 8.45. The lowest BCUT2D eigenvalue weighted by Crippen LogP contribution is -2.11. The van der Waals surface area contributed by atoms with E-state index < -0.39 is 0 Å². The van der Waals surface area contributed by atoms with Crippen molar-refractivity contribution in [2.24, 2.45) is 5.92 Å². The lowest BCUT2D eigenvalue weighted by molar-refractivity contribution is 0.546. The van der Waals surface area contributed by atoms with E-state index in [4.69, 9.17) is 11.6 Å². The summed E-state index contributed by atoms with van der Waals surface area (Å²) in [5.41, 5.74) is 1.93. The van der Waals surface area contributed by atoms with Gasteiger partial charge in [-0.2, -0.15) is 0 Å². The molecule has 1 atom stereocenters. The quantitative estimate of drug-likeness (QED) is 0.521. The molecular weight excluding hydrogens is 406 g/mol. The molecule has 0 spiro atoms. The summed E-state index contributed by atoms with van der Waals surface area (Å²) in [6.07, 6.45) is 1.49. The van der Waals surface area contributed by atoms with Gasteiger partial charge < -0.3 is 0 Å². The molecule has 0 aromatic heterocycles. The molecule has 2 aromatic rings. The molecule has 0 aliphatic rings. The van der Waals surface area contributed by atoms with Crippen molar-refractivity contribution in [2.45, 2.75) is 12.8 Å². The standard InChI is InChI=1S/C16H14Br2ClF/c17-14-3-1-2-11(8-14)6-12(10-19)7-13-4-5-15(18)9-16(13)20/h1-5,8-9,12H,6-7,10H2. The van der Waals surface area contributed by atoms with Crippen molar-refractivity contribution < 1.29 is 4.39 Å². The van der Waals surface area contributed by atoms with Crippen molar-refractivity contribution in [3.63, 3.8) is 0 Å². The number of hydrogen-bond acceptors (Lipinski definition) is 0. The van der Waals surface area contributed by atoms with Crippen LogP contribution in [0.2, 0.25) is 0 Å². The van der Waals surface area contributed by atoms with E-state index in [1.807, 2.05) is 24.3 Å². The maximum atomic E-state index is 13.9. The number of halogens is 4. The number of rotatable bonds is 5. The summed E-state index contributed by atoms with van der Waals surface area (Å²) in [6, 6.07) is 13.3. The van der Waals surface area contributed by atoms with Crippen LogP contribution in [0.3, 0.4) is 0 Å². The molecule has 4 heteroatoms. The normalized spacial score (nSPS) is 12.4. The molecule has 2 aromatic carbocycles. The van der Waals surface area contributed by atoms with Crippen LogP contribution in [0.4, 0.5) is 4.39 Å². The van der Waals surface area contributed by atoms with Gasteiger partial charge in [-0.05, 0) is 54.2 Å².